The first-order valence-electron chi connectivity index (χ1n) is 6.10. The fourth-order valence-corrected chi connectivity index (χ4v) is 1.81. The Morgan fingerprint density at radius 3 is 3.00 bits per heavy atom. The van der Waals surface area contributed by atoms with Gasteiger partial charge >= 0.3 is 0 Å². The van der Waals surface area contributed by atoms with Crippen molar-refractivity contribution in [2.75, 3.05) is 18.4 Å². The normalized spacial score (nSPS) is 15.0. The number of pyridine rings is 1. The van der Waals surface area contributed by atoms with E-state index < -0.39 is 0 Å². The molecule has 98 valence electrons. The van der Waals surface area contributed by atoms with E-state index in [1.54, 1.807) is 16.9 Å². The summed E-state index contributed by atoms with van der Waals surface area (Å²) in [7, 11) is 0. The van der Waals surface area contributed by atoms with Crippen LogP contribution in [0.3, 0.4) is 0 Å². The maximum Gasteiger partial charge on any atom is 0.278 e. The minimum Gasteiger partial charge on any atom is -0.312 e. The van der Waals surface area contributed by atoms with Gasteiger partial charge in [0.25, 0.3) is 5.91 Å². The highest BCUT2D eigenvalue weighted by Gasteiger charge is 2.21. The number of aryl methyl sites for hydroxylation is 1. The highest BCUT2D eigenvalue weighted by Crippen LogP contribution is 2.11. The van der Waals surface area contributed by atoms with Crippen molar-refractivity contribution in [1.29, 1.82) is 0 Å². The number of carbonyl (C=O) groups is 1. The minimum atomic E-state index is -0.295. The van der Waals surface area contributed by atoms with Crippen LogP contribution in [0, 0.1) is 6.92 Å². The van der Waals surface area contributed by atoms with Crippen molar-refractivity contribution in [3.63, 3.8) is 0 Å². The molecule has 0 aromatic carbocycles. The fourth-order valence-electron chi connectivity index (χ4n) is 1.81. The SMILES string of the molecule is Cc1cccc(NC(=O)c2cn(C3CNC3)nn2)n1. The molecule has 0 bridgehead atoms. The van der Waals surface area contributed by atoms with Crippen molar-refractivity contribution in [2.45, 2.75) is 13.0 Å². The number of hydrogen-bond acceptors (Lipinski definition) is 5. The standard InChI is InChI=1S/C12H14N6O/c1-8-3-2-4-11(14-8)15-12(19)10-7-18(17-16-10)9-5-13-6-9/h2-4,7,9,13H,5-6H2,1H3,(H,14,15,19). The van der Waals surface area contributed by atoms with Gasteiger partial charge in [0.05, 0.1) is 12.2 Å². The quantitative estimate of drug-likeness (QED) is 0.831. The number of carbonyl (C=O) groups excluding carboxylic acids is 1. The minimum absolute atomic E-state index is 0.295. The van der Waals surface area contributed by atoms with Crippen LogP contribution in [-0.4, -0.2) is 39.0 Å². The molecule has 0 atom stereocenters. The highest BCUT2D eigenvalue weighted by atomic mass is 16.2. The lowest BCUT2D eigenvalue weighted by Gasteiger charge is -2.26. The lowest BCUT2D eigenvalue weighted by Crippen LogP contribution is -2.43. The van der Waals surface area contributed by atoms with E-state index in [-0.39, 0.29) is 5.91 Å². The molecular weight excluding hydrogens is 244 g/mol. The first-order chi connectivity index (χ1) is 9.22. The van der Waals surface area contributed by atoms with Crippen LogP contribution in [0.15, 0.2) is 24.4 Å². The van der Waals surface area contributed by atoms with Crippen LogP contribution in [0.2, 0.25) is 0 Å². The number of hydrogen-bond donors (Lipinski definition) is 2. The van der Waals surface area contributed by atoms with E-state index in [4.69, 9.17) is 0 Å². The van der Waals surface area contributed by atoms with Gasteiger partial charge < -0.3 is 10.6 Å². The molecule has 0 spiro atoms. The van der Waals surface area contributed by atoms with Crippen LogP contribution in [0.5, 0.6) is 0 Å². The van der Waals surface area contributed by atoms with Crippen LogP contribution >= 0.6 is 0 Å². The van der Waals surface area contributed by atoms with Crippen molar-refractivity contribution in [3.8, 4) is 0 Å². The Labute approximate surface area is 110 Å². The Hall–Kier alpha value is -2.28. The van der Waals surface area contributed by atoms with Gasteiger partial charge in [-0.25, -0.2) is 9.67 Å². The summed E-state index contributed by atoms with van der Waals surface area (Å²) in [5.74, 6) is 0.224. The van der Waals surface area contributed by atoms with Crippen LogP contribution in [0.4, 0.5) is 5.82 Å². The average molecular weight is 258 g/mol. The third-order valence-corrected chi connectivity index (χ3v) is 3.01. The largest absolute Gasteiger partial charge is 0.312 e. The van der Waals surface area contributed by atoms with Crippen molar-refractivity contribution in [3.05, 3.63) is 35.8 Å². The molecule has 1 amide bonds. The molecule has 1 aliphatic rings. The molecule has 3 rings (SSSR count). The first-order valence-corrected chi connectivity index (χ1v) is 6.10. The summed E-state index contributed by atoms with van der Waals surface area (Å²) in [4.78, 5) is 16.2. The Bertz CT molecular complexity index is 604. The van der Waals surface area contributed by atoms with E-state index >= 15 is 0 Å². The average Bonchev–Trinajstić information content (AvgIpc) is 2.76. The van der Waals surface area contributed by atoms with Gasteiger partial charge in [-0.1, -0.05) is 11.3 Å². The van der Waals surface area contributed by atoms with Gasteiger partial charge in [0.1, 0.15) is 5.82 Å². The molecule has 19 heavy (non-hydrogen) atoms. The zero-order valence-corrected chi connectivity index (χ0v) is 10.5. The number of nitrogens with zero attached hydrogens (tertiary/aromatic N) is 4. The summed E-state index contributed by atoms with van der Waals surface area (Å²) >= 11 is 0. The van der Waals surface area contributed by atoms with Crippen molar-refractivity contribution < 1.29 is 4.79 Å². The Kier molecular flexibility index (Phi) is 2.96. The molecule has 0 aliphatic carbocycles. The highest BCUT2D eigenvalue weighted by molar-refractivity contribution is 6.02. The monoisotopic (exact) mass is 258 g/mol. The second-order valence-corrected chi connectivity index (χ2v) is 4.51. The zero-order chi connectivity index (χ0) is 13.2. The van der Waals surface area contributed by atoms with E-state index in [0.29, 0.717) is 17.6 Å². The Morgan fingerprint density at radius 2 is 2.32 bits per heavy atom. The number of amides is 1. The smallest absolute Gasteiger partial charge is 0.278 e. The third kappa shape index (κ3) is 2.45. The van der Waals surface area contributed by atoms with Crippen molar-refractivity contribution >= 4 is 11.7 Å². The van der Waals surface area contributed by atoms with Crippen molar-refractivity contribution in [2.24, 2.45) is 0 Å². The second-order valence-electron chi connectivity index (χ2n) is 4.51. The predicted molar refractivity (Wildman–Crippen MR) is 68.9 cm³/mol. The molecule has 1 saturated heterocycles. The number of nitrogens with one attached hydrogen (secondary N) is 2. The maximum absolute atomic E-state index is 12.0. The van der Waals surface area contributed by atoms with Crippen LogP contribution in [0.25, 0.3) is 0 Å². The van der Waals surface area contributed by atoms with Crippen LogP contribution in [0.1, 0.15) is 22.2 Å². The number of aromatic nitrogens is 4. The molecular formula is C12H14N6O. The Balaban J connectivity index is 1.71. The van der Waals surface area contributed by atoms with Gasteiger partial charge in [-0.2, -0.15) is 0 Å². The summed E-state index contributed by atoms with van der Waals surface area (Å²) in [6, 6.07) is 5.75. The van der Waals surface area contributed by atoms with Crippen LogP contribution in [-0.2, 0) is 0 Å². The van der Waals surface area contributed by atoms with Gasteiger partial charge in [0.2, 0.25) is 0 Å². The number of rotatable bonds is 3. The van der Waals surface area contributed by atoms with Gasteiger partial charge in [-0.3, -0.25) is 4.79 Å². The number of anilines is 1. The predicted octanol–water partition coefficient (Wildman–Crippen LogP) is 0.378. The lowest BCUT2D eigenvalue weighted by atomic mass is 10.2. The summed E-state index contributed by atoms with van der Waals surface area (Å²) in [6.07, 6.45) is 1.66. The topological polar surface area (TPSA) is 84.7 Å². The summed E-state index contributed by atoms with van der Waals surface area (Å²) in [6.45, 7) is 3.60. The van der Waals surface area contributed by atoms with E-state index in [2.05, 4.69) is 25.9 Å². The molecule has 0 radical (unpaired) electrons. The Morgan fingerprint density at radius 1 is 1.47 bits per heavy atom. The van der Waals surface area contributed by atoms with Gasteiger partial charge in [0.15, 0.2) is 5.69 Å². The van der Waals surface area contributed by atoms with Gasteiger partial charge in [-0.15, -0.1) is 5.10 Å². The second kappa shape index (κ2) is 4.77. The first kappa shape index (κ1) is 11.8. The molecule has 2 aromatic rings. The molecule has 1 aliphatic heterocycles. The molecule has 1 fully saturated rings. The fraction of sp³-hybridized carbons (Fsp3) is 0.333. The molecule has 7 nitrogen and oxygen atoms in total. The molecule has 0 saturated carbocycles. The van der Waals surface area contributed by atoms with E-state index in [1.165, 1.54) is 0 Å². The molecule has 3 heterocycles. The van der Waals surface area contributed by atoms with E-state index in [9.17, 15) is 4.79 Å². The molecule has 0 unspecified atom stereocenters. The molecule has 7 heteroatoms. The molecule has 2 aromatic heterocycles. The van der Waals surface area contributed by atoms with Crippen molar-refractivity contribution in [1.82, 2.24) is 25.3 Å². The summed E-state index contributed by atoms with van der Waals surface area (Å²) < 4.78 is 1.72. The molecule has 2 N–H and O–H groups in total. The summed E-state index contributed by atoms with van der Waals surface area (Å²) in [5.41, 5.74) is 1.15. The summed E-state index contributed by atoms with van der Waals surface area (Å²) in [5, 5.41) is 13.7. The third-order valence-electron chi connectivity index (χ3n) is 3.01. The lowest BCUT2D eigenvalue weighted by molar-refractivity contribution is 0.102. The van der Waals surface area contributed by atoms with Gasteiger partial charge in [-0.05, 0) is 19.1 Å². The van der Waals surface area contributed by atoms with Gasteiger partial charge in [0, 0.05) is 18.8 Å². The van der Waals surface area contributed by atoms with E-state index in [0.717, 1.165) is 18.8 Å². The van der Waals surface area contributed by atoms with Crippen LogP contribution < -0.4 is 10.6 Å². The maximum atomic E-state index is 12.0. The van der Waals surface area contributed by atoms with E-state index in [1.807, 2.05) is 19.1 Å². The zero-order valence-electron chi connectivity index (χ0n) is 10.5.